The van der Waals surface area contributed by atoms with Gasteiger partial charge in [-0.2, -0.15) is 0 Å². The summed E-state index contributed by atoms with van der Waals surface area (Å²) in [4.78, 5) is 19.5. The summed E-state index contributed by atoms with van der Waals surface area (Å²) in [5, 5.41) is 11.4. The van der Waals surface area contributed by atoms with Gasteiger partial charge in [0.2, 0.25) is 0 Å². The highest BCUT2D eigenvalue weighted by molar-refractivity contribution is 7.16. The van der Waals surface area contributed by atoms with E-state index >= 15 is 0 Å². The molecular formula is C13H12N4O2S. The molecule has 0 fully saturated rings. The average molecular weight is 288 g/mol. The Morgan fingerprint density at radius 2 is 2.25 bits per heavy atom. The molecule has 0 saturated heterocycles. The highest BCUT2D eigenvalue weighted by Crippen LogP contribution is 2.33. The van der Waals surface area contributed by atoms with E-state index in [4.69, 9.17) is 0 Å². The number of aryl methyl sites for hydroxylation is 1. The molecule has 0 radical (unpaired) electrons. The minimum atomic E-state index is -0.368. The van der Waals surface area contributed by atoms with Crippen LogP contribution in [0, 0.1) is 10.1 Å². The molecule has 0 saturated carbocycles. The van der Waals surface area contributed by atoms with Crippen LogP contribution in [0.2, 0.25) is 0 Å². The standard InChI is InChI=1S/C13H12N4O2S/c1-2-3-11-14-6-7-16(11)9-4-5-10-12(15-8-20-10)13(9)17(18)19/h4-8H,2-3H2,1H3. The third-order valence-electron chi connectivity index (χ3n) is 3.09. The van der Waals surface area contributed by atoms with Crippen molar-refractivity contribution in [3.63, 3.8) is 0 Å². The Labute approximate surface area is 118 Å². The molecule has 0 aliphatic rings. The van der Waals surface area contributed by atoms with Crippen LogP contribution in [0.3, 0.4) is 0 Å². The molecule has 0 bridgehead atoms. The van der Waals surface area contributed by atoms with Gasteiger partial charge in [0.05, 0.1) is 15.1 Å². The molecule has 2 heterocycles. The quantitative estimate of drug-likeness (QED) is 0.545. The third kappa shape index (κ3) is 1.96. The van der Waals surface area contributed by atoms with Crippen LogP contribution in [-0.4, -0.2) is 19.5 Å². The molecule has 0 spiro atoms. The molecule has 6 nitrogen and oxygen atoms in total. The zero-order chi connectivity index (χ0) is 14.1. The molecule has 0 unspecified atom stereocenters. The van der Waals surface area contributed by atoms with E-state index in [2.05, 4.69) is 16.9 Å². The Balaban J connectivity index is 2.27. The van der Waals surface area contributed by atoms with E-state index in [-0.39, 0.29) is 10.6 Å². The topological polar surface area (TPSA) is 73.8 Å². The molecule has 0 amide bonds. The zero-order valence-electron chi connectivity index (χ0n) is 10.8. The van der Waals surface area contributed by atoms with Crippen molar-refractivity contribution in [1.82, 2.24) is 14.5 Å². The second-order valence-corrected chi connectivity index (χ2v) is 5.24. The lowest BCUT2D eigenvalue weighted by atomic mass is 10.2. The zero-order valence-corrected chi connectivity index (χ0v) is 11.6. The summed E-state index contributed by atoms with van der Waals surface area (Å²) in [5.41, 5.74) is 2.63. The van der Waals surface area contributed by atoms with Crippen LogP contribution in [0.5, 0.6) is 0 Å². The summed E-state index contributed by atoms with van der Waals surface area (Å²) in [6.07, 6.45) is 5.13. The number of nitro groups is 1. The summed E-state index contributed by atoms with van der Waals surface area (Å²) in [6, 6.07) is 3.63. The van der Waals surface area contributed by atoms with Crippen LogP contribution < -0.4 is 0 Å². The van der Waals surface area contributed by atoms with Gasteiger partial charge in [-0.25, -0.2) is 9.97 Å². The predicted molar refractivity (Wildman–Crippen MR) is 77.4 cm³/mol. The monoisotopic (exact) mass is 288 g/mol. The summed E-state index contributed by atoms with van der Waals surface area (Å²) in [5.74, 6) is 0.824. The number of thiazole rings is 1. The number of nitrogens with zero attached hydrogens (tertiary/aromatic N) is 4. The Bertz CT molecular complexity index is 778. The van der Waals surface area contributed by atoms with Gasteiger partial charge in [-0.1, -0.05) is 6.92 Å². The number of imidazole rings is 1. The first kappa shape index (κ1) is 12.7. The van der Waals surface area contributed by atoms with Crippen molar-refractivity contribution in [3.05, 3.63) is 46.0 Å². The van der Waals surface area contributed by atoms with E-state index in [1.807, 2.05) is 6.07 Å². The Morgan fingerprint density at radius 1 is 1.40 bits per heavy atom. The normalized spacial score (nSPS) is 11.1. The Hall–Kier alpha value is -2.28. The number of hydrogen-bond acceptors (Lipinski definition) is 5. The van der Waals surface area contributed by atoms with Gasteiger partial charge in [-0.3, -0.25) is 14.7 Å². The molecule has 3 rings (SSSR count). The minimum absolute atomic E-state index is 0.0408. The average Bonchev–Trinajstić information content (AvgIpc) is 3.05. The fourth-order valence-corrected chi connectivity index (χ4v) is 2.92. The molecule has 7 heteroatoms. The van der Waals surface area contributed by atoms with E-state index in [0.717, 1.165) is 23.4 Å². The van der Waals surface area contributed by atoms with E-state index in [9.17, 15) is 10.1 Å². The number of rotatable bonds is 4. The molecule has 0 N–H and O–H groups in total. The summed E-state index contributed by atoms with van der Waals surface area (Å²) >= 11 is 1.40. The van der Waals surface area contributed by atoms with Crippen molar-refractivity contribution < 1.29 is 4.92 Å². The van der Waals surface area contributed by atoms with Gasteiger partial charge >= 0.3 is 5.69 Å². The van der Waals surface area contributed by atoms with E-state index in [0.29, 0.717) is 11.2 Å². The molecule has 0 aliphatic carbocycles. The lowest BCUT2D eigenvalue weighted by Gasteiger charge is -2.08. The van der Waals surface area contributed by atoms with Crippen molar-refractivity contribution in [2.45, 2.75) is 19.8 Å². The molecule has 1 aromatic carbocycles. The van der Waals surface area contributed by atoms with Crippen LogP contribution >= 0.6 is 11.3 Å². The maximum absolute atomic E-state index is 11.4. The minimum Gasteiger partial charge on any atom is -0.297 e. The van der Waals surface area contributed by atoms with Crippen molar-refractivity contribution in [1.29, 1.82) is 0 Å². The number of hydrogen-bond donors (Lipinski definition) is 0. The molecule has 0 aliphatic heterocycles. The number of benzene rings is 1. The van der Waals surface area contributed by atoms with Crippen LogP contribution in [0.4, 0.5) is 5.69 Å². The summed E-state index contributed by atoms with van der Waals surface area (Å²) in [6.45, 7) is 2.05. The number of nitro benzene ring substituents is 1. The molecule has 2 aromatic heterocycles. The van der Waals surface area contributed by atoms with Gasteiger partial charge in [0.15, 0.2) is 5.52 Å². The van der Waals surface area contributed by atoms with Gasteiger partial charge in [0.1, 0.15) is 11.5 Å². The van der Waals surface area contributed by atoms with Gasteiger partial charge in [-0.15, -0.1) is 11.3 Å². The van der Waals surface area contributed by atoms with Gasteiger partial charge in [0.25, 0.3) is 0 Å². The smallest absolute Gasteiger partial charge is 0.297 e. The van der Waals surface area contributed by atoms with Crippen molar-refractivity contribution in [2.24, 2.45) is 0 Å². The third-order valence-corrected chi connectivity index (χ3v) is 3.88. The van der Waals surface area contributed by atoms with Crippen LogP contribution in [0.25, 0.3) is 15.9 Å². The molecule has 102 valence electrons. The van der Waals surface area contributed by atoms with Crippen LogP contribution in [0.1, 0.15) is 19.2 Å². The lowest BCUT2D eigenvalue weighted by molar-refractivity contribution is -0.382. The van der Waals surface area contributed by atoms with Gasteiger partial charge < -0.3 is 0 Å². The second-order valence-electron chi connectivity index (χ2n) is 4.35. The SMILES string of the molecule is CCCc1nccn1-c1ccc2scnc2c1[N+](=O)[O-]. The highest BCUT2D eigenvalue weighted by atomic mass is 32.1. The summed E-state index contributed by atoms with van der Waals surface area (Å²) < 4.78 is 2.60. The van der Waals surface area contributed by atoms with Crippen molar-refractivity contribution in [2.75, 3.05) is 0 Å². The number of fused-ring (bicyclic) bond motifs is 1. The first-order valence-electron chi connectivity index (χ1n) is 6.25. The molecular weight excluding hydrogens is 276 g/mol. The van der Waals surface area contributed by atoms with Gasteiger partial charge in [0, 0.05) is 18.8 Å². The fraction of sp³-hybridized carbons (Fsp3) is 0.231. The van der Waals surface area contributed by atoms with Crippen LogP contribution in [-0.2, 0) is 6.42 Å². The van der Waals surface area contributed by atoms with E-state index in [1.165, 1.54) is 11.3 Å². The maximum Gasteiger partial charge on any atom is 0.320 e. The van der Waals surface area contributed by atoms with Gasteiger partial charge in [-0.05, 0) is 18.6 Å². The number of aromatic nitrogens is 3. The van der Waals surface area contributed by atoms with Crippen molar-refractivity contribution >= 4 is 27.2 Å². The van der Waals surface area contributed by atoms with Crippen molar-refractivity contribution in [3.8, 4) is 5.69 Å². The molecule has 3 aromatic rings. The van der Waals surface area contributed by atoms with E-state index in [1.54, 1.807) is 28.5 Å². The Morgan fingerprint density at radius 3 is 3.00 bits per heavy atom. The Kier molecular flexibility index (Phi) is 3.19. The first-order valence-corrected chi connectivity index (χ1v) is 7.13. The second kappa shape index (κ2) is 5.01. The van der Waals surface area contributed by atoms with E-state index < -0.39 is 0 Å². The molecule has 20 heavy (non-hydrogen) atoms. The lowest BCUT2D eigenvalue weighted by Crippen LogP contribution is -2.04. The summed E-state index contributed by atoms with van der Waals surface area (Å²) in [7, 11) is 0. The largest absolute Gasteiger partial charge is 0.320 e. The fourth-order valence-electron chi connectivity index (χ4n) is 2.24. The first-order chi connectivity index (χ1) is 9.72. The molecule has 0 atom stereocenters. The van der Waals surface area contributed by atoms with Crippen LogP contribution in [0.15, 0.2) is 30.0 Å². The predicted octanol–water partition coefficient (Wildman–Crippen LogP) is 3.34. The highest BCUT2D eigenvalue weighted by Gasteiger charge is 2.22. The maximum atomic E-state index is 11.4.